The Labute approximate surface area is 395 Å². The van der Waals surface area contributed by atoms with Crippen LogP contribution in [0.15, 0.2) is 89.9 Å². The normalized spacial score (nSPS) is 23.5. The molecule has 16 nitrogen and oxygen atoms in total. The minimum absolute atomic E-state index is 0.0253. The van der Waals surface area contributed by atoms with E-state index < -0.39 is 0 Å². The van der Waals surface area contributed by atoms with E-state index in [0.717, 1.165) is 115 Å². The SMILES string of the molecule is O=C(CN1CCC(OC2CCN(c3cc(Oc4cccc(C5CCCN(C(=O)C67CC(C6)C7)C5)c4)cnn3)CC2)CC1)N1CCN(C(=O)c2cccc(Oc3n[nH]c(=O)c4ccccc34)c2)CC1. The zero-order valence-electron chi connectivity index (χ0n) is 38.5. The molecule has 1 unspecified atom stereocenters. The maximum Gasteiger partial charge on any atom is 0.272 e. The van der Waals surface area contributed by atoms with Crippen LogP contribution in [0, 0.1) is 11.3 Å². The molecule has 3 aliphatic carbocycles. The van der Waals surface area contributed by atoms with Crippen molar-refractivity contribution in [3.05, 3.63) is 107 Å². The Kier molecular flexibility index (Phi) is 12.3. The average Bonchev–Trinajstić information content (AvgIpc) is 3.35. The Morgan fingerprint density at radius 3 is 2.15 bits per heavy atom. The number of piperidine rings is 3. The highest BCUT2D eigenvalue weighted by atomic mass is 16.5. The highest BCUT2D eigenvalue weighted by Gasteiger charge is 2.62. The first-order valence-electron chi connectivity index (χ1n) is 24.6. The van der Waals surface area contributed by atoms with Crippen LogP contribution < -0.4 is 19.9 Å². The molecule has 68 heavy (non-hydrogen) atoms. The van der Waals surface area contributed by atoms with Crippen molar-refractivity contribution in [3.63, 3.8) is 0 Å². The summed E-state index contributed by atoms with van der Waals surface area (Å²) in [5, 5.41) is 16.4. The van der Waals surface area contributed by atoms with Crippen LogP contribution in [0.4, 0.5) is 5.82 Å². The lowest BCUT2D eigenvalue weighted by Gasteiger charge is -2.61. The number of likely N-dealkylation sites (tertiary alicyclic amines) is 2. The monoisotopic (exact) mass is 921 g/mol. The lowest BCUT2D eigenvalue weighted by molar-refractivity contribution is -0.178. The fraction of sp³-hybridized carbons (Fsp3) is 0.481. The molecule has 4 saturated heterocycles. The second-order valence-electron chi connectivity index (χ2n) is 19.8. The quantitative estimate of drug-likeness (QED) is 0.150. The number of rotatable bonds is 12. The van der Waals surface area contributed by atoms with Crippen LogP contribution in [-0.2, 0) is 14.3 Å². The smallest absolute Gasteiger partial charge is 0.272 e. The van der Waals surface area contributed by atoms with Gasteiger partial charge in [0.1, 0.15) is 11.5 Å². The van der Waals surface area contributed by atoms with E-state index in [1.54, 1.807) is 53.6 Å². The minimum Gasteiger partial charge on any atom is -0.456 e. The molecule has 2 bridgehead atoms. The Hall–Kier alpha value is -6.39. The molecule has 1 atom stereocenters. The Balaban J connectivity index is 0.595. The molecule has 12 rings (SSSR count). The van der Waals surface area contributed by atoms with E-state index in [-0.39, 0.29) is 40.9 Å². The van der Waals surface area contributed by atoms with Gasteiger partial charge in [-0.15, -0.1) is 10.2 Å². The number of aromatic amines is 1. The number of carbonyl (C=O) groups excluding carboxylic acids is 3. The van der Waals surface area contributed by atoms with Gasteiger partial charge in [0, 0.05) is 83.0 Å². The number of hydrogen-bond acceptors (Lipinski definition) is 12. The molecule has 4 aliphatic heterocycles. The average molecular weight is 922 g/mol. The van der Waals surface area contributed by atoms with Crippen LogP contribution in [0.3, 0.4) is 0 Å². The summed E-state index contributed by atoms with van der Waals surface area (Å²) in [6.45, 7) is 7.13. The second kappa shape index (κ2) is 18.9. The van der Waals surface area contributed by atoms with Crippen molar-refractivity contribution in [2.75, 3.05) is 76.9 Å². The van der Waals surface area contributed by atoms with Gasteiger partial charge in [0.25, 0.3) is 11.5 Å². The Morgan fingerprint density at radius 1 is 0.691 bits per heavy atom. The maximum absolute atomic E-state index is 13.5. The molecule has 6 heterocycles. The van der Waals surface area contributed by atoms with Crippen LogP contribution in [0.25, 0.3) is 10.8 Å². The standard InChI is InChI=1S/C52H59N9O7/c62-47(59-22-24-60(25-23-59)50(64)37-7-4-10-42(27-37)68-49-45-12-2-1-11-44(45)48(63)55-56-49)34-57-18-13-39(14-19-57)66-40-15-20-58(21-16-40)46-28-43(32-53-54-46)67-41-9-3-6-36(26-41)38-8-5-17-61(33-38)51(65)52-29-35(30-52)31-52/h1-4,6-7,9-12,26-28,32,35,38-40H,5,8,13-25,29-31,33-34H2,(H,55,63). The number of piperazine rings is 1. The number of hydrogen-bond donors (Lipinski definition) is 1. The zero-order chi connectivity index (χ0) is 46.2. The summed E-state index contributed by atoms with van der Waals surface area (Å²) in [6, 6.07) is 24.3. The zero-order valence-corrected chi connectivity index (χ0v) is 38.5. The molecule has 3 aromatic carbocycles. The first-order chi connectivity index (χ1) is 33.2. The number of benzene rings is 3. The van der Waals surface area contributed by atoms with Crippen molar-refractivity contribution >= 4 is 34.3 Å². The van der Waals surface area contributed by atoms with Gasteiger partial charge in [-0.25, -0.2) is 5.10 Å². The molecule has 0 radical (unpaired) electrons. The van der Waals surface area contributed by atoms with Gasteiger partial charge in [0.15, 0.2) is 11.6 Å². The molecule has 16 heteroatoms. The predicted molar refractivity (Wildman–Crippen MR) is 254 cm³/mol. The molecular formula is C52H59N9O7. The molecule has 3 amide bonds. The maximum atomic E-state index is 13.5. The summed E-state index contributed by atoms with van der Waals surface area (Å²) in [6.07, 6.45) is 11.0. The van der Waals surface area contributed by atoms with Crippen molar-refractivity contribution in [1.29, 1.82) is 0 Å². The van der Waals surface area contributed by atoms with E-state index in [1.165, 1.54) is 5.56 Å². The fourth-order valence-electron chi connectivity index (χ4n) is 11.3. The number of aromatic nitrogens is 4. The molecular weight excluding hydrogens is 863 g/mol. The van der Waals surface area contributed by atoms with Gasteiger partial charge in [-0.3, -0.25) is 24.1 Å². The van der Waals surface area contributed by atoms with Gasteiger partial charge in [-0.1, -0.05) is 30.3 Å². The number of carbonyl (C=O) groups is 3. The third kappa shape index (κ3) is 9.27. The van der Waals surface area contributed by atoms with Crippen molar-refractivity contribution < 1.29 is 28.6 Å². The number of fused-ring (bicyclic) bond motifs is 1. The van der Waals surface area contributed by atoms with E-state index in [1.807, 2.05) is 29.2 Å². The first kappa shape index (κ1) is 44.1. The van der Waals surface area contributed by atoms with Crippen molar-refractivity contribution in [3.8, 4) is 23.1 Å². The van der Waals surface area contributed by atoms with Crippen LogP contribution in [0.5, 0.6) is 23.1 Å². The first-order valence-corrected chi connectivity index (χ1v) is 24.6. The van der Waals surface area contributed by atoms with E-state index in [0.29, 0.717) is 72.4 Å². The lowest BCUT2D eigenvalue weighted by Crippen LogP contribution is -2.62. The predicted octanol–water partition coefficient (Wildman–Crippen LogP) is 6.24. The minimum atomic E-state index is -0.300. The van der Waals surface area contributed by atoms with E-state index >= 15 is 0 Å². The fourth-order valence-corrected chi connectivity index (χ4v) is 11.3. The Bertz CT molecular complexity index is 2710. The number of anilines is 1. The summed E-state index contributed by atoms with van der Waals surface area (Å²) in [5.41, 5.74) is 1.37. The molecule has 2 aromatic heterocycles. The third-order valence-corrected chi connectivity index (χ3v) is 15.3. The molecule has 7 fully saturated rings. The van der Waals surface area contributed by atoms with Gasteiger partial charge >= 0.3 is 0 Å². The molecule has 3 saturated carbocycles. The van der Waals surface area contributed by atoms with Crippen LogP contribution in [-0.4, -0.2) is 142 Å². The van der Waals surface area contributed by atoms with E-state index in [2.05, 4.69) is 47.2 Å². The van der Waals surface area contributed by atoms with E-state index in [9.17, 15) is 19.2 Å². The van der Waals surface area contributed by atoms with Crippen LogP contribution in [0.2, 0.25) is 0 Å². The highest BCUT2D eigenvalue weighted by molar-refractivity contribution is 5.95. The number of ether oxygens (including phenoxy) is 3. The van der Waals surface area contributed by atoms with Gasteiger partial charge in [0.2, 0.25) is 17.7 Å². The third-order valence-electron chi connectivity index (χ3n) is 15.3. The number of amides is 3. The summed E-state index contributed by atoms with van der Waals surface area (Å²) >= 11 is 0. The molecule has 354 valence electrons. The highest BCUT2D eigenvalue weighted by Crippen LogP contribution is 2.65. The van der Waals surface area contributed by atoms with E-state index in [4.69, 9.17) is 14.2 Å². The summed E-state index contributed by atoms with van der Waals surface area (Å²) in [7, 11) is 0. The van der Waals surface area contributed by atoms with Gasteiger partial charge in [-0.2, -0.15) is 5.10 Å². The van der Waals surface area contributed by atoms with Gasteiger partial charge in [0.05, 0.1) is 41.1 Å². The number of H-pyrrole nitrogens is 1. The largest absolute Gasteiger partial charge is 0.456 e. The number of nitrogens with zero attached hydrogens (tertiary/aromatic N) is 8. The van der Waals surface area contributed by atoms with Gasteiger partial charge < -0.3 is 33.8 Å². The second-order valence-corrected chi connectivity index (χ2v) is 19.8. The van der Waals surface area contributed by atoms with Crippen molar-refractivity contribution in [2.45, 2.75) is 75.9 Å². The van der Waals surface area contributed by atoms with Gasteiger partial charge in [-0.05, 0) is 112 Å². The summed E-state index contributed by atoms with van der Waals surface area (Å²) in [5.74, 6) is 4.36. The number of nitrogens with one attached hydrogen (secondary N) is 1. The topological polar surface area (TPSA) is 167 Å². The molecule has 5 aromatic rings. The van der Waals surface area contributed by atoms with Crippen molar-refractivity contribution in [2.24, 2.45) is 11.3 Å². The molecule has 1 N–H and O–H groups in total. The summed E-state index contributed by atoms with van der Waals surface area (Å²) in [4.78, 5) is 62.7. The van der Waals surface area contributed by atoms with Crippen LogP contribution in [0.1, 0.15) is 79.6 Å². The lowest BCUT2D eigenvalue weighted by atomic mass is 9.44. The Morgan fingerprint density at radius 2 is 1.40 bits per heavy atom. The molecule has 7 aliphatic rings. The van der Waals surface area contributed by atoms with Crippen LogP contribution >= 0.6 is 0 Å². The molecule has 0 spiro atoms. The summed E-state index contributed by atoms with van der Waals surface area (Å²) < 4.78 is 19.0. The van der Waals surface area contributed by atoms with Crippen molar-refractivity contribution in [1.82, 2.24) is 40.0 Å².